The molecule has 0 heterocycles. The zero-order valence-electron chi connectivity index (χ0n) is 15.8. The quantitative estimate of drug-likeness (QED) is 0.621. The second-order valence-corrected chi connectivity index (χ2v) is 11.7. The van der Waals surface area contributed by atoms with Crippen molar-refractivity contribution in [1.82, 2.24) is 5.32 Å². The highest BCUT2D eigenvalue weighted by atomic mass is 28.3. The van der Waals surface area contributed by atoms with Crippen molar-refractivity contribution in [1.29, 1.82) is 0 Å². The summed E-state index contributed by atoms with van der Waals surface area (Å²) in [6, 6.07) is 2.69. The third kappa shape index (κ3) is 6.63. The van der Waals surface area contributed by atoms with Gasteiger partial charge in [0.25, 0.3) is 0 Å². The molecule has 26 heavy (non-hydrogen) atoms. The molecule has 0 saturated carbocycles. The van der Waals surface area contributed by atoms with E-state index in [1.807, 2.05) is 5.32 Å². The summed E-state index contributed by atoms with van der Waals surface area (Å²) in [5.41, 5.74) is 4.52. The van der Waals surface area contributed by atoms with E-state index in [-0.39, 0.29) is 6.42 Å². The summed E-state index contributed by atoms with van der Waals surface area (Å²) < 4.78 is 47.9. The van der Waals surface area contributed by atoms with Gasteiger partial charge in [-0.1, -0.05) is 25.6 Å². The number of nitrogens with one attached hydrogen (secondary N) is 1. The molecule has 0 bridgehead atoms. The summed E-state index contributed by atoms with van der Waals surface area (Å²) in [5, 5.41) is 1.93. The Morgan fingerprint density at radius 2 is 1.69 bits per heavy atom. The van der Waals surface area contributed by atoms with Crippen molar-refractivity contribution in [2.45, 2.75) is 45.2 Å². The van der Waals surface area contributed by atoms with Crippen LogP contribution < -0.4 is 14.8 Å². The molecule has 0 fully saturated rings. The minimum Gasteiger partial charge on any atom is -0.496 e. The summed E-state index contributed by atoms with van der Waals surface area (Å²) in [6.45, 7) is 7.84. The van der Waals surface area contributed by atoms with Crippen LogP contribution in [0.2, 0.25) is 19.6 Å². The van der Waals surface area contributed by atoms with Crippen LogP contribution in [0.4, 0.5) is 13.2 Å². The number of hydrogen-bond donors (Lipinski definition) is 1. The molecule has 8 heteroatoms. The number of hydrogen-bond acceptors (Lipinski definition) is 3. The Morgan fingerprint density at radius 1 is 1.19 bits per heavy atom. The zero-order chi connectivity index (χ0) is 20.1. The molecule has 0 radical (unpaired) electrons. The average molecular weight is 387 g/mol. The molecule has 1 aromatic carbocycles. The molecule has 1 N–H and O–H groups in total. The topological polar surface area (TPSA) is 47.6 Å². The van der Waals surface area contributed by atoms with Crippen molar-refractivity contribution >= 4 is 14.0 Å². The Balaban J connectivity index is 3.14. The molecule has 1 aromatic rings. The summed E-state index contributed by atoms with van der Waals surface area (Å²) in [4.78, 5) is 11.1. The third-order valence-electron chi connectivity index (χ3n) is 3.33. The van der Waals surface area contributed by atoms with Crippen molar-refractivity contribution in [3.05, 3.63) is 23.3 Å². The highest BCUT2D eigenvalue weighted by Gasteiger charge is 2.39. The molecule has 4 nitrogen and oxygen atoms in total. The Hall–Kier alpha value is -2.14. The predicted octanol–water partition coefficient (Wildman–Crippen LogP) is 3.54. The monoisotopic (exact) mass is 387 g/mol. The van der Waals surface area contributed by atoms with E-state index in [9.17, 15) is 18.0 Å². The first-order valence-electron chi connectivity index (χ1n) is 8.03. The lowest BCUT2D eigenvalue weighted by atomic mass is 10.0. The van der Waals surface area contributed by atoms with Crippen LogP contribution in [0, 0.1) is 11.5 Å². The number of alkyl halides is 3. The molecule has 1 amide bonds. The standard InChI is InChI=1S/C18H24F3NO3Si/c1-12(22-17(23)18(19,20)21)9-14-15(24-2)10-13(11-16(14)25-3)7-8-26(4,5)6/h10-12H,9H2,1-6H3,(H,22,23). The van der Waals surface area contributed by atoms with Crippen LogP contribution in [0.25, 0.3) is 0 Å². The number of benzene rings is 1. The molecular formula is C18H24F3NO3Si. The van der Waals surface area contributed by atoms with Crippen LogP contribution in [0.1, 0.15) is 18.1 Å². The molecule has 0 aliphatic heterocycles. The minimum absolute atomic E-state index is 0.121. The first-order valence-corrected chi connectivity index (χ1v) is 11.5. The van der Waals surface area contributed by atoms with E-state index < -0.39 is 26.2 Å². The second-order valence-electron chi connectivity index (χ2n) is 6.94. The van der Waals surface area contributed by atoms with Gasteiger partial charge in [-0.25, -0.2) is 0 Å². The lowest BCUT2D eigenvalue weighted by Crippen LogP contribution is -2.42. The zero-order valence-corrected chi connectivity index (χ0v) is 16.8. The Labute approximate surface area is 153 Å². The number of amides is 1. The molecule has 144 valence electrons. The van der Waals surface area contributed by atoms with Crippen LogP contribution >= 0.6 is 0 Å². The van der Waals surface area contributed by atoms with Gasteiger partial charge in [0.05, 0.1) is 14.2 Å². The molecule has 1 unspecified atom stereocenters. The minimum atomic E-state index is -4.92. The number of ether oxygens (including phenoxy) is 2. The Kier molecular flexibility index (Phi) is 7.15. The molecule has 0 aliphatic carbocycles. The SMILES string of the molecule is COc1cc(C#C[Si](C)(C)C)cc(OC)c1CC(C)NC(=O)C(F)(F)F. The maximum Gasteiger partial charge on any atom is 0.471 e. The molecular weight excluding hydrogens is 363 g/mol. The molecule has 0 spiro atoms. The fourth-order valence-corrected chi connectivity index (χ4v) is 2.70. The van der Waals surface area contributed by atoms with Gasteiger partial charge in [0.2, 0.25) is 0 Å². The largest absolute Gasteiger partial charge is 0.496 e. The van der Waals surface area contributed by atoms with E-state index in [0.29, 0.717) is 22.6 Å². The summed E-state index contributed by atoms with van der Waals surface area (Å²) >= 11 is 0. The number of rotatable bonds is 5. The van der Waals surface area contributed by atoms with E-state index in [0.717, 1.165) is 0 Å². The van der Waals surface area contributed by atoms with Gasteiger partial charge in [-0.15, -0.1) is 5.54 Å². The molecule has 0 saturated heterocycles. The van der Waals surface area contributed by atoms with E-state index in [2.05, 4.69) is 31.1 Å². The summed E-state index contributed by atoms with van der Waals surface area (Å²) in [6.07, 6.45) is -4.80. The maximum atomic E-state index is 12.4. The van der Waals surface area contributed by atoms with Crippen molar-refractivity contribution < 1.29 is 27.4 Å². The number of carbonyl (C=O) groups excluding carboxylic acids is 1. The van der Waals surface area contributed by atoms with Gasteiger partial charge in [-0.3, -0.25) is 4.79 Å². The van der Waals surface area contributed by atoms with Crippen LogP contribution in [0.15, 0.2) is 12.1 Å². The van der Waals surface area contributed by atoms with Crippen molar-refractivity contribution in [2.24, 2.45) is 0 Å². The van der Waals surface area contributed by atoms with Crippen LogP contribution in [-0.4, -0.2) is 40.4 Å². The molecule has 1 atom stereocenters. The van der Waals surface area contributed by atoms with Gasteiger partial charge in [-0.05, 0) is 25.5 Å². The smallest absolute Gasteiger partial charge is 0.471 e. The lowest BCUT2D eigenvalue weighted by Gasteiger charge is -2.19. The molecule has 0 aromatic heterocycles. The fraction of sp³-hybridized carbons (Fsp3) is 0.500. The number of halogens is 3. The van der Waals surface area contributed by atoms with Crippen LogP contribution in [0.3, 0.4) is 0 Å². The fourth-order valence-electron chi connectivity index (χ4n) is 2.18. The van der Waals surface area contributed by atoms with Crippen molar-refractivity contribution in [2.75, 3.05) is 14.2 Å². The Morgan fingerprint density at radius 3 is 2.08 bits per heavy atom. The molecule has 1 rings (SSSR count). The first-order chi connectivity index (χ1) is 11.9. The maximum absolute atomic E-state index is 12.4. The van der Waals surface area contributed by atoms with Gasteiger partial charge in [0.15, 0.2) is 0 Å². The number of methoxy groups -OCH3 is 2. The van der Waals surface area contributed by atoms with E-state index >= 15 is 0 Å². The van der Waals surface area contributed by atoms with Crippen molar-refractivity contribution in [3.63, 3.8) is 0 Å². The van der Waals surface area contributed by atoms with Crippen molar-refractivity contribution in [3.8, 4) is 23.0 Å². The Bertz CT molecular complexity index is 690. The van der Waals surface area contributed by atoms with E-state index in [1.165, 1.54) is 21.1 Å². The predicted molar refractivity (Wildman–Crippen MR) is 97.1 cm³/mol. The molecule has 0 aliphatic rings. The normalized spacial score (nSPS) is 12.7. The summed E-state index contributed by atoms with van der Waals surface area (Å²) in [7, 11) is 1.36. The van der Waals surface area contributed by atoms with Gasteiger partial charge in [-0.2, -0.15) is 13.2 Å². The highest BCUT2D eigenvalue weighted by molar-refractivity contribution is 6.83. The van der Waals surface area contributed by atoms with E-state index in [4.69, 9.17) is 9.47 Å². The highest BCUT2D eigenvalue weighted by Crippen LogP contribution is 2.31. The van der Waals surface area contributed by atoms with Crippen LogP contribution in [0.5, 0.6) is 11.5 Å². The van der Waals surface area contributed by atoms with Gasteiger partial charge in [0.1, 0.15) is 19.6 Å². The second kappa shape index (κ2) is 8.49. The van der Waals surface area contributed by atoms with Gasteiger partial charge >= 0.3 is 12.1 Å². The lowest BCUT2D eigenvalue weighted by molar-refractivity contribution is -0.174. The number of carbonyl (C=O) groups is 1. The third-order valence-corrected chi connectivity index (χ3v) is 4.21. The summed E-state index contributed by atoms with van der Waals surface area (Å²) in [5.74, 6) is 2.04. The average Bonchev–Trinajstić information content (AvgIpc) is 2.51. The van der Waals surface area contributed by atoms with E-state index in [1.54, 1.807) is 12.1 Å². The van der Waals surface area contributed by atoms with Gasteiger partial charge in [0, 0.05) is 17.2 Å². The first kappa shape index (κ1) is 21.9. The van der Waals surface area contributed by atoms with Gasteiger partial charge < -0.3 is 14.8 Å². The van der Waals surface area contributed by atoms with Crippen LogP contribution in [-0.2, 0) is 11.2 Å².